The van der Waals surface area contributed by atoms with Crippen LogP contribution in [0.5, 0.6) is 0 Å². The predicted molar refractivity (Wildman–Crippen MR) is 139 cm³/mol. The van der Waals surface area contributed by atoms with Gasteiger partial charge in [0, 0.05) is 44.2 Å². The van der Waals surface area contributed by atoms with E-state index in [2.05, 4.69) is 48.3 Å². The number of amides is 2. The molecule has 6 heteroatoms. The highest BCUT2D eigenvalue weighted by atomic mass is 32.2. The molecule has 34 heavy (non-hydrogen) atoms. The number of carbonyl (C=O) groups is 2. The van der Waals surface area contributed by atoms with Gasteiger partial charge in [0.2, 0.25) is 5.91 Å². The smallest absolute Gasteiger partial charge is 0.252 e. The predicted octanol–water partition coefficient (Wildman–Crippen LogP) is 4.81. The number of hydrogen-bond donors (Lipinski definition) is 1. The number of hydrogen-bond acceptors (Lipinski definition) is 4. The second-order valence-corrected chi connectivity index (χ2v) is 11.0. The molecule has 182 valence electrons. The molecule has 1 N–H and O–H groups in total. The van der Waals surface area contributed by atoms with E-state index in [1.165, 1.54) is 36.8 Å². The molecule has 2 unspecified atom stereocenters. The fourth-order valence-corrected chi connectivity index (χ4v) is 6.15. The van der Waals surface area contributed by atoms with E-state index in [1.54, 1.807) is 0 Å². The Morgan fingerprint density at radius 3 is 2.29 bits per heavy atom. The van der Waals surface area contributed by atoms with Gasteiger partial charge in [-0.2, -0.15) is 0 Å². The van der Waals surface area contributed by atoms with Crippen LogP contribution in [0.1, 0.15) is 54.6 Å². The third kappa shape index (κ3) is 6.86. The van der Waals surface area contributed by atoms with Crippen LogP contribution >= 0.6 is 11.8 Å². The topological polar surface area (TPSA) is 52.7 Å². The number of benzene rings is 2. The standard InChI is InChI=1S/C28H37N3O2S/c1-21-15-22(2)18-30(17-21)19-24-11-9-23(10-12-24)16-29-28(33)25-7-3-4-8-26(25)34-20-27(32)31-13-5-6-14-31/h3-4,7-12,21-22H,5-6,13-20H2,1-2H3,(H,29,33). The first-order valence-corrected chi connectivity index (χ1v) is 13.5. The molecule has 2 fully saturated rings. The highest BCUT2D eigenvalue weighted by Crippen LogP contribution is 2.24. The fraction of sp³-hybridized carbons (Fsp3) is 0.500. The molecule has 0 aromatic heterocycles. The summed E-state index contributed by atoms with van der Waals surface area (Å²) in [7, 11) is 0. The van der Waals surface area contributed by atoms with Crippen molar-refractivity contribution in [2.75, 3.05) is 31.9 Å². The maximum atomic E-state index is 12.9. The summed E-state index contributed by atoms with van der Waals surface area (Å²) in [4.78, 5) is 30.6. The van der Waals surface area contributed by atoms with E-state index in [0.717, 1.165) is 54.8 Å². The second kappa shape index (κ2) is 11.9. The molecule has 2 aromatic carbocycles. The van der Waals surface area contributed by atoms with Crippen molar-refractivity contribution in [1.29, 1.82) is 0 Å². The van der Waals surface area contributed by atoms with Crippen LogP contribution < -0.4 is 5.32 Å². The highest BCUT2D eigenvalue weighted by molar-refractivity contribution is 8.00. The molecule has 0 radical (unpaired) electrons. The maximum absolute atomic E-state index is 12.9. The zero-order valence-corrected chi connectivity index (χ0v) is 21.3. The first-order chi connectivity index (χ1) is 16.5. The Bertz CT molecular complexity index is 962. The highest BCUT2D eigenvalue weighted by Gasteiger charge is 2.22. The number of nitrogens with one attached hydrogen (secondary N) is 1. The Morgan fingerprint density at radius 2 is 1.59 bits per heavy atom. The SMILES string of the molecule is CC1CC(C)CN(Cc2ccc(CNC(=O)c3ccccc3SCC(=O)N3CCCC3)cc2)C1. The lowest BCUT2D eigenvalue weighted by molar-refractivity contribution is -0.127. The third-order valence-electron chi connectivity index (χ3n) is 6.77. The Morgan fingerprint density at radius 1 is 0.941 bits per heavy atom. The van der Waals surface area contributed by atoms with Crippen LogP contribution in [0.3, 0.4) is 0 Å². The first-order valence-electron chi connectivity index (χ1n) is 12.6. The lowest BCUT2D eigenvalue weighted by Gasteiger charge is -2.35. The van der Waals surface area contributed by atoms with Crippen LogP contribution in [-0.2, 0) is 17.9 Å². The van der Waals surface area contributed by atoms with Gasteiger partial charge in [0.1, 0.15) is 0 Å². The molecule has 0 bridgehead atoms. The van der Waals surface area contributed by atoms with Gasteiger partial charge in [0.25, 0.3) is 5.91 Å². The largest absolute Gasteiger partial charge is 0.348 e. The van der Waals surface area contributed by atoms with Gasteiger partial charge in [-0.05, 0) is 54.4 Å². The van der Waals surface area contributed by atoms with Gasteiger partial charge in [-0.1, -0.05) is 50.2 Å². The van der Waals surface area contributed by atoms with Crippen molar-refractivity contribution in [3.05, 3.63) is 65.2 Å². The van der Waals surface area contributed by atoms with E-state index >= 15 is 0 Å². The summed E-state index contributed by atoms with van der Waals surface area (Å²) >= 11 is 1.45. The molecule has 0 aliphatic carbocycles. The summed E-state index contributed by atoms with van der Waals surface area (Å²) in [5.41, 5.74) is 3.04. The van der Waals surface area contributed by atoms with Gasteiger partial charge in [0.05, 0.1) is 11.3 Å². The average Bonchev–Trinajstić information content (AvgIpc) is 3.37. The van der Waals surface area contributed by atoms with Gasteiger partial charge < -0.3 is 10.2 Å². The van der Waals surface area contributed by atoms with E-state index in [0.29, 0.717) is 17.9 Å². The molecule has 4 rings (SSSR count). The Labute approximate surface area is 208 Å². The van der Waals surface area contributed by atoms with Crippen molar-refractivity contribution in [3.63, 3.8) is 0 Å². The minimum absolute atomic E-state index is 0.0999. The van der Waals surface area contributed by atoms with Crippen LogP contribution in [0.15, 0.2) is 53.4 Å². The lowest BCUT2D eigenvalue weighted by atomic mass is 9.91. The molecular weight excluding hydrogens is 442 g/mol. The zero-order valence-electron chi connectivity index (χ0n) is 20.5. The molecule has 2 amide bonds. The molecule has 5 nitrogen and oxygen atoms in total. The quantitative estimate of drug-likeness (QED) is 0.552. The molecule has 2 heterocycles. The average molecular weight is 480 g/mol. The Kier molecular flexibility index (Phi) is 8.68. The van der Waals surface area contributed by atoms with Crippen molar-refractivity contribution in [1.82, 2.24) is 15.1 Å². The summed E-state index contributed by atoms with van der Waals surface area (Å²) in [6.07, 6.45) is 3.51. The van der Waals surface area contributed by atoms with Crippen LogP contribution in [-0.4, -0.2) is 53.5 Å². The molecule has 0 spiro atoms. The number of likely N-dealkylation sites (tertiary alicyclic amines) is 2. The van der Waals surface area contributed by atoms with Crippen molar-refractivity contribution in [2.24, 2.45) is 11.8 Å². The van der Waals surface area contributed by atoms with Crippen molar-refractivity contribution >= 4 is 23.6 Å². The van der Waals surface area contributed by atoms with E-state index in [1.807, 2.05) is 29.2 Å². The number of thioether (sulfide) groups is 1. The van der Waals surface area contributed by atoms with Crippen LogP contribution in [0.25, 0.3) is 0 Å². The van der Waals surface area contributed by atoms with Crippen molar-refractivity contribution in [2.45, 2.75) is 51.1 Å². The first kappa shape index (κ1) is 24.8. The Balaban J connectivity index is 1.28. The van der Waals surface area contributed by atoms with Gasteiger partial charge in [0.15, 0.2) is 0 Å². The molecular formula is C28H37N3O2S. The summed E-state index contributed by atoms with van der Waals surface area (Å²) in [5, 5.41) is 3.05. The number of nitrogens with zero attached hydrogens (tertiary/aromatic N) is 2. The zero-order chi connectivity index (χ0) is 23.9. The molecule has 2 saturated heterocycles. The minimum Gasteiger partial charge on any atom is -0.348 e. The summed E-state index contributed by atoms with van der Waals surface area (Å²) in [5.74, 6) is 1.96. The van der Waals surface area contributed by atoms with Crippen LogP contribution in [0, 0.1) is 11.8 Å². The Hall–Kier alpha value is -2.31. The van der Waals surface area contributed by atoms with Crippen LogP contribution in [0.2, 0.25) is 0 Å². The normalized spacial score (nSPS) is 20.9. The van der Waals surface area contributed by atoms with Crippen LogP contribution in [0.4, 0.5) is 0 Å². The van der Waals surface area contributed by atoms with Gasteiger partial charge in [-0.3, -0.25) is 14.5 Å². The van der Waals surface area contributed by atoms with Gasteiger partial charge in [-0.25, -0.2) is 0 Å². The molecule has 2 aliphatic rings. The molecule has 2 atom stereocenters. The molecule has 2 aromatic rings. The van der Waals surface area contributed by atoms with E-state index in [-0.39, 0.29) is 11.8 Å². The number of carbonyl (C=O) groups excluding carboxylic acids is 2. The second-order valence-electron chi connectivity index (χ2n) is 10.0. The summed E-state index contributed by atoms with van der Waals surface area (Å²) < 4.78 is 0. The number of piperidine rings is 1. The lowest BCUT2D eigenvalue weighted by Crippen LogP contribution is -2.38. The third-order valence-corrected chi connectivity index (χ3v) is 7.83. The van der Waals surface area contributed by atoms with E-state index in [9.17, 15) is 9.59 Å². The molecule has 2 aliphatic heterocycles. The number of rotatable bonds is 8. The summed E-state index contributed by atoms with van der Waals surface area (Å²) in [6.45, 7) is 10.2. The maximum Gasteiger partial charge on any atom is 0.252 e. The van der Waals surface area contributed by atoms with Crippen molar-refractivity contribution < 1.29 is 9.59 Å². The van der Waals surface area contributed by atoms with Gasteiger partial charge >= 0.3 is 0 Å². The monoisotopic (exact) mass is 479 g/mol. The van der Waals surface area contributed by atoms with E-state index < -0.39 is 0 Å². The molecule has 0 saturated carbocycles. The fourth-order valence-electron chi connectivity index (χ4n) is 5.20. The minimum atomic E-state index is -0.0999. The van der Waals surface area contributed by atoms with Gasteiger partial charge in [-0.15, -0.1) is 11.8 Å². The summed E-state index contributed by atoms with van der Waals surface area (Å²) in [6, 6.07) is 16.1. The van der Waals surface area contributed by atoms with E-state index in [4.69, 9.17) is 0 Å². The van der Waals surface area contributed by atoms with Crippen molar-refractivity contribution in [3.8, 4) is 0 Å².